The van der Waals surface area contributed by atoms with Crippen LogP contribution in [0, 0.1) is 11.6 Å². The Morgan fingerprint density at radius 2 is 1.62 bits per heavy atom. The minimum atomic E-state index is -0.655. The van der Waals surface area contributed by atoms with E-state index in [1.165, 1.54) is 7.11 Å². The first-order valence-electron chi connectivity index (χ1n) is 6.13. The first-order valence-corrected chi connectivity index (χ1v) is 7.12. The van der Waals surface area contributed by atoms with Crippen molar-refractivity contribution in [2.24, 2.45) is 0 Å². The second kappa shape index (κ2) is 6.67. The minimum absolute atomic E-state index is 0.0426. The van der Waals surface area contributed by atoms with E-state index in [9.17, 15) is 8.78 Å². The summed E-state index contributed by atoms with van der Waals surface area (Å²) in [4.78, 5) is -0.0426. The van der Waals surface area contributed by atoms with Crippen molar-refractivity contribution in [3.8, 4) is 11.5 Å². The van der Waals surface area contributed by atoms with Crippen LogP contribution in [-0.2, 0) is 5.75 Å². The van der Waals surface area contributed by atoms with Gasteiger partial charge in [0.25, 0.3) is 0 Å². The van der Waals surface area contributed by atoms with Gasteiger partial charge in [-0.25, -0.2) is 8.78 Å². The zero-order chi connectivity index (χ0) is 15.4. The highest BCUT2D eigenvalue weighted by atomic mass is 32.2. The Balaban J connectivity index is 2.17. The lowest BCUT2D eigenvalue weighted by Crippen LogP contribution is -1.94. The smallest absolute Gasteiger partial charge is 0.161 e. The van der Waals surface area contributed by atoms with Gasteiger partial charge in [-0.15, -0.1) is 11.8 Å². The van der Waals surface area contributed by atoms with Crippen LogP contribution in [0.1, 0.15) is 5.56 Å². The molecule has 21 heavy (non-hydrogen) atoms. The Morgan fingerprint density at radius 1 is 1.00 bits per heavy atom. The van der Waals surface area contributed by atoms with E-state index in [1.807, 2.05) is 6.07 Å². The predicted molar refractivity (Wildman–Crippen MR) is 79.9 cm³/mol. The van der Waals surface area contributed by atoms with Crippen LogP contribution in [0.4, 0.5) is 14.5 Å². The molecular weight excluding hydrogens is 296 g/mol. The van der Waals surface area contributed by atoms with Crippen LogP contribution in [0.15, 0.2) is 35.2 Å². The van der Waals surface area contributed by atoms with E-state index < -0.39 is 11.6 Å². The Bertz CT molecular complexity index is 627. The summed E-state index contributed by atoms with van der Waals surface area (Å²) in [6.45, 7) is 0. The van der Waals surface area contributed by atoms with Gasteiger partial charge in [0.15, 0.2) is 11.5 Å². The maximum absolute atomic E-state index is 13.7. The number of nitrogen functional groups attached to an aromatic ring is 1. The lowest BCUT2D eigenvalue weighted by Gasteiger charge is -2.10. The van der Waals surface area contributed by atoms with E-state index >= 15 is 0 Å². The van der Waals surface area contributed by atoms with Crippen LogP contribution in [-0.4, -0.2) is 14.2 Å². The quantitative estimate of drug-likeness (QED) is 0.673. The van der Waals surface area contributed by atoms with E-state index in [0.717, 1.165) is 29.5 Å². The van der Waals surface area contributed by atoms with Crippen LogP contribution >= 0.6 is 11.8 Å². The van der Waals surface area contributed by atoms with Gasteiger partial charge in [0.2, 0.25) is 0 Å². The maximum Gasteiger partial charge on any atom is 0.161 e. The molecule has 2 rings (SSSR count). The van der Waals surface area contributed by atoms with Crippen LogP contribution in [0.5, 0.6) is 11.5 Å². The van der Waals surface area contributed by atoms with Crippen molar-refractivity contribution in [2.45, 2.75) is 10.6 Å². The molecule has 0 aliphatic heterocycles. The number of nitrogens with two attached hydrogens (primary N) is 1. The highest BCUT2D eigenvalue weighted by molar-refractivity contribution is 7.98. The highest BCUT2D eigenvalue weighted by Crippen LogP contribution is 2.33. The van der Waals surface area contributed by atoms with Crippen LogP contribution in [0.25, 0.3) is 0 Å². The number of benzene rings is 2. The van der Waals surface area contributed by atoms with E-state index in [1.54, 1.807) is 19.2 Å². The second-order valence-corrected chi connectivity index (χ2v) is 5.28. The molecule has 2 aromatic carbocycles. The highest BCUT2D eigenvalue weighted by Gasteiger charge is 2.12. The lowest BCUT2D eigenvalue weighted by atomic mass is 10.2. The number of ether oxygens (including phenoxy) is 2. The average molecular weight is 311 g/mol. The third kappa shape index (κ3) is 3.58. The van der Waals surface area contributed by atoms with Gasteiger partial charge in [0, 0.05) is 11.4 Å². The minimum Gasteiger partial charge on any atom is -0.493 e. The maximum atomic E-state index is 13.7. The van der Waals surface area contributed by atoms with Crippen molar-refractivity contribution in [1.29, 1.82) is 0 Å². The molecule has 0 spiro atoms. The van der Waals surface area contributed by atoms with Gasteiger partial charge in [-0.1, -0.05) is 6.07 Å². The predicted octanol–water partition coefficient (Wildman–Crippen LogP) is 3.86. The van der Waals surface area contributed by atoms with Crippen molar-refractivity contribution in [3.63, 3.8) is 0 Å². The molecule has 3 nitrogen and oxygen atoms in total. The summed E-state index contributed by atoms with van der Waals surface area (Å²) in [6, 6.07) is 7.57. The van der Waals surface area contributed by atoms with Crippen LogP contribution in [0.3, 0.4) is 0 Å². The van der Waals surface area contributed by atoms with Crippen molar-refractivity contribution in [1.82, 2.24) is 0 Å². The van der Waals surface area contributed by atoms with Crippen LogP contribution < -0.4 is 15.2 Å². The summed E-state index contributed by atoms with van der Waals surface area (Å²) in [5.74, 6) is 0.277. The fraction of sp³-hybridized carbons (Fsp3) is 0.200. The molecule has 0 atom stereocenters. The number of rotatable bonds is 5. The molecule has 0 bridgehead atoms. The number of anilines is 1. The molecular formula is C15H15F2NO2S. The molecule has 0 saturated carbocycles. The molecule has 0 fully saturated rings. The van der Waals surface area contributed by atoms with Gasteiger partial charge >= 0.3 is 0 Å². The summed E-state index contributed by atoms with van der Waals surface area (Å²) in [5, 5.41) is 0. The van der Waals surface area contributed by atoms with Gasteiger partial charge in [0.05, 0.1) is 19.1 Å². The molecule has 0 amide bonds. The van der Waals surface area contributed by atoms with Crippen molar-refractivity contribution in [2.75, 3.05) is 20.0 Å². The Morgan fingerprint density at radius 3 is 2.19 bits per heavy atom. The number of hydrogen-bond acceptors (Lipinski definition) is 4. The molecule has 0 radical (unpaired) electrons. The second-order valence-electron chi connectivity index (χ2n) is 4.29. The first-order chi connectivity index (χ1) is 10.0. The molecule has 0 saturated heterocycles. The molecule has 0 aromatic heterocycles. The van der Waals surface area contributed by atoms with Gasteiger partial charge < -0.3 is 15.2 Å². The summed E-state index contributed by atoms with van der Waals surface area (Å²) in [5.41, 5.74) is 6.32. The summed E-state index contributed by atoms with van der Waals surface area (Å²) in [6.07, 6.45) is 0. The fourth-order valence-electron chi connectivity index (χ4n) is 1.84. The molecule has 2 aromatic rings. The largest absolute Gasteiger partial charge is 0.493 e. The standard InChI is InChI=1S/C15H15F2NO2S/c1-19-13-4-3-9(5-14(13)20-2)8-21-15-11(16)6-10(18)7-12(15)17/h3-7H,8,18H2,1-2H3. The van der Waals surface area contributed by atoms with E-state index in [0.29, 0.717) is 17.3 Å². The zero-order valence-electron chi connectivity index (χ0n) is 11.7. The molecule has 0 aliphatic rings. The normalized spacial score (nSPS) is 10.5. The van der Waals surface area contributed by atoms with Crippen molar-refractivity contribution in [3.05, 3.63) is 47.5 Å². The van der Waals surface area contributed by atoms with Gasteiger partial charge in [0.1, 0.15) is 11.6 Å². The van der Waals surface area contributed by atoms with Gasteiger partial charge in [-0.05, 0) is 29.8 Å². The lowest BCUT2D eigenvalue weighted by molar-refractivity contribution is 0.354. The third-order valence-electron chi connectivity index (χ3n) is 2.85. The number of hydrogen-bond donors (Lipinski definition) is 1. The summed E-state index contributed by atoms with van der Waals surface area (Å²) in [7, 11) is 3.08. The third-order valence-corrected chi connectivity index (χ3v) is 4.01. The molecule has 2 N–H and O–H groups in total. The van der Waals surface area contributed by atoms with Gasteiger partial charge in [-0.3, -0.25) is 0 Å². The summed E-state index contributed by atoms with van der Waals surface area (Å²) < 4.78 is 37.7. The molecule has 0 unspecified atom stereocenters. The zero-order valence-corrected chi connectivity index (χ0v) is 12.5. The summed E-state index contributed by atoms with van der Waals surface area (Å²) >= 11 is 1.07. The van der Waals surface area contributed by atoms with Crippen molar-refractivity contribution >= 4 is 17.4 Å². The SMILES string of the molecule is COc1ccc(CSc2c(F)cc(N)cc2F)cc1OC. The fourth-order valence-corrected chi connectivity index (χ4v) is 2.73. The van der Waals surface area contributed by atoms with Gasteiger partial charge in [-0.2, -0.15) is 0 Å². The molecule has 6 heteroatoms. The molecule has 0 heterocycles. The first kappa shape index (κ1) is 15.4. The molecule has 0 aliphatic carbocycles. The Kier molecular flexibility index (Phi) is 4.90. The number of halogens is 2. The topological polar surface area (TPSA) is 44.5 Å². The Labute approximate surface area is 126 Å². The van der Waals surface area contributed by atoms with Crippen molar-refractivity contribution < 1.29 is 18.3 Å². The molecule has 112 valence electrons. The number of thioether (sulfide) groups is 1. The number of methoxy groups -OCH3 is 2. The van der Waals surface area contributed by atoms with E-state index in [2.05, 4.69) is 0 Å². The van der Waals surface area contributed by atoms with E-state index in [-0.39, 0.29) is 10.6 Å². The van der Waals surface area contributed by atoms with Crippen LogP contribution in [0.2, 0.25) is 0 Å². The monoisotopic (exact) mass is 311 g/mol. The average Bonchev–Trinajstić information content (AvgIpc) is 2.45. The Hall–Kier alpha value is -1.95. The van der Waals surface area contributed by atoms with E-state index in [4.69, 9.17) is 15.2 Å².